The first-order valence-corrected chi connectivity index (χ1v) is 7.06. The second-order valence-corrected chi connectivity index (χ2v) is 5.35. The summed E-state index contributed by atoms with van der Waals surface area (Å²) in [6.07, 6.45) is 0.717. The van der Waals surface area contributed by atoms with Crippen molar-refractivity contribution in [1.82, 2.24) is 9.78 Å². The van der Waals surface area contributed by atoms with Gasteiger partial charge in [-0.3, -0.25) is 4.68 Å². The molecule has 2 unspecified atom stereocenters. The number of hydrogen-bond donors (Lipinski definition) is 1. The summed E-state index contributed by atoms with van der Waals surface area (Å²) < 4.78 is 15.9. The topological polar surface area (TPSA) is 43.8 Å². The average molecular weight is 296 g/mol. The quantitative estimate of drug-likeness (QED) is 0.936. The summed E-state index contributed by atoms with van der Waals surface area (Å²) in [5.74, 6) is -0.273. The molecule has 0 aliphatic carbocycles. The number of halogens is 2. The highest BCUT2D eigenvalue weighted by Gasteiger charge is 2.26. The lowest BCUT2D eigenvalue weighted by atomic mass is 9.97. The number of nitrogens with zero attached hydrogens (tertiary/aromatic N) is 2. The van der Waals surface area contributed by atoms with Crippen LogP contribution in [0.15, 0.2) is 24.3 Å². The third-order valence-electron chi connectivity index (χ3n) is 3.60. The molecule has 0 aliphatic heterocycles. The number of rotatable bonds is 4. The first-order chi connectivity index (χ1) is 9.47. The van der Waals surface area contributed by atoms with Gasteiger partial charge in [0.2, 0.25) is 0 Å². The minimum atomic E-state index is -0.354. The molecule has 2 aromatic rings. The minimum absolute atomic E-state index is 0.235. The van der Waals surface area contributed by atoms with Crippen LogP contribution in [0, 0.1) is 19.7 Å². The maximum Gasteiger partial charge on any atom is 0.128 e. The highest BCUT2D eigenvalue weighted by Crippen LogP contribution is 2.29. The Morgan fingerprint density at radius 3 is 2.50 bits per heavy atom. The molecule has 0 fully saturated rings. The van der Waals surface area contributed by atoms with Crippen LogP contribution in [0.4, 0.5) is 4.39 Å². The number of aryl methyl sites for hydroxylation is 1. The molecule has 5 heteroatoms. The van der Waals surface area contributed by atoms with Crippen molar-refractivity contribution in [1.29, 1.82) is 0 Å². The van der Waals surface area contributed by atoms with Crippen LogP contribution < -0.4 is 5.73 Å². The van der Waals surface area contributed by atoms with E-state index in [-0.39, 0.29) is 17.9 Å². The van der Waals surface area contributed by atoms with Gasteiger partial charge in [-0.25, -0.2) is 4.39 Å². The number of hydrogen-bond acceptors (Lipinski definition) is 2. The zero-order valence-electron chi connectivity index (χ0n) is 11.9. The number of nitrogens with two attached hydrogens (primary N) is 1. The van der Waals surface area contributed by atoms with Gasteiger partial charge in [0.15, 0.2) is 0 Å². The van der Waals surface area contributed by atoms with Crippen molar-refractivity contribution >= 4 is 11.6 Å². The molecule has 0 spiro atoms. The summed E-state index contributed by atoms with van der Waals surface area (Å²) in [6, 6.07) is 6.08. The predicted molar refractivity (Wildman–Crippen MR) is 79.5 cm³/mol. The smallest absolute Gasteiger partial charge is 0.128 e. The van der Waals surface area contributed by atoms with Gasteiger partial charge in [-0.2, -0.15) is 5.10 Å². The van der Waals surface area contributed by atoms with Gasteiger partial charge in [0, 0.05) is 11.6 Å². The van der Waals surface area contributed by atoms with Crippen molar-refractivity contribution in [2.45, 2.75) is 39.3 Å². The van der Waals surface area contributed by atoms with Gasteiger partial charge < -0.3 is 5.73 Å². The van der Waals surface area contributed by atoms with E-state index < -0.39 is 0 Å². The molecule has 1 aromatic heterocycles. The summed E-state index contributed by atoms with van der Waals surface area (Å²) in [5.41, 5.74) is 8.29. The van der Waals surface area contributed by atoms with E-state index >= 15 is 0 Å². The molecule has 2 rings (SSSR count). The molecule has 1 aromatic carbocycles. The molecule has 3 nitrogen and oxygen atoms in total. The summed E-state index contributed by atoms with van der Waals surface area (Å²) in [4.78, 5) is 0. The van der Waals surface area contributed by atoms with Crippen LogP contribution in [0.2, 0.25) is 5.02 Å². The molecule has 1 heterocycles. The lowest BCUT2D eigenvalue weighted by molar-refractivity contribution is 0.401. The predicted octanol–water partition coefficient (Wildman–Crippen LogP) is 3.62. The second kappa shape index (κ2) is 5.94. The van der Waals surface area contributed by atoms with Crippen LogP contribution in [-0.2, 0) is 0 Å². The van der Waals surface area contributed by atoms with E-state index in [9.17, 15) is 4.39 Å². The lowest BCUT2D eigenvalue weighted by Gasteiger charge is -2.25. The lowest BCUT2D eigenvalue weighted by Crippen LogP contribution is -2.34. The SMILES string of the molecule is CCC(N)C(c1ccccc1F)n1nc(C)c(Cl)c1C. The van der Waals surface area contributed by atoms with Gasteiger partial charge in [0.1, 0.15) is 5.82 Å². The van der Waals surface area contributed by atoms with Crippen LogP contribution in [0.3, 0.4) is 0 Å². The van der Waals surface area contributed by atoms with Crippen molar-refractivity contribution in [3.8, 4) is 0 Å². The highest BCUT2D eigenvalue weighted by molar-refractivity contribution is 6.31. The zero-order chi connectivity index (χ0) is 14.9. The van der Waals surface area contributed by atoms with Crippen molar-refractivity contribution in [2.24, 2.45) is 5.73 Å². The summed E-state index contributed by atoms with van der Waals surface area (Å²) in [7, 11) is 0. The maximum atomic E-state index is 14.1. The normalized spacial score (nSPS) is 14.3. The van der Waals surface area contributed by atoms with E-state index in [1.165, 1.54) is 6.07 Å². The molecule has 0 aliphatic rings. The fourth-order valence-corrected chi connectivity index (χ4v) is 2.52. The Morgan fingerprint density at radius 1 is 1.35 bits per heavy atom. The second-order valence-electron chi connectivity index (χ2n) is 4.97. The van der Waals surface area contributed by atoms with Gasteiger partial charge in [-0.1, -0.05) is 36.7 Å². The van der Waals surface area contributed by atoms with Gasteiger partial charge in [0.05, 0.1) is 22.5 Å². The van der Waals surface area contributed by atoms with E-state index in [2.05, 4.69) is 5.10 Å². The largest absolute Gasteiger partial charge is 0.326 e. The monoisotopic (exact) mass is 295 g/mol. The van der Waals surface area contributed by atoms with Crippen molar-refractivity contribution < 1.29 is 4.39 Å². The first kappa shape index (κ1) is 15.0. The summed E-state index contributed by atoms with van der Waals surface area (Å²) >= 11 is 6.20. The van der Waals surface area contributed by atoms with Crippen LogP contribution >= 0.6 is 11.6 Å². The summed E-state index contributed by atoms with van der Waals surface area (Å²) in [6.45, 7) is 5.69. The van der Waals surface area contributed by atoms with E-state index in [0.29, 0.717) is 10.6 Å². The molecule has 108 valence electrons. The molecule has 2 N–H and O–H groups in total. The number of aromatic nitrogens is 2. The highest BCUT2D eigenvalue weighted by atomic mass is 35.5. The van der Waals surface area contributed by atoms with Crippen molar-refractivity contribution in [3.63, 3.8) is 0 Å². The Bertz CT molecular complexity index is 609. The van der Waals surface area contributed by atoms with Crippen LogP contribution in [-0.4, -0.2) is 15.8 Å². The third kappa shape index (κ3) is 2.58. The molecule has 0 radical (unpaired) electrons. The number of benzene rings is 1. The molecular formula is C15H19ClFN3. The molecule has 0 amide bonds. The van der Waals surface area contributed by atoms with Crippen molar-refractivity contribution in [3.05, 3.63) is 52.1 Å². The van der Waals surface area contributed by atoms with E-state index in [1.54, 1.807) is 22.9 Å². The summed E-state index contributed by atoms with van der Waals surface area (Å²) in [5, 5.41) is 5.04. The molecular weight excluding hydrogens is 277 g/mol. The van der Waals surface area contributed by atoms with Gasteiger partial charge >= 0.3 is 0 Å². The van der Waals surface area contributed by atoms with E-state index in [4.69, 9.17) is 17.3 Å². The van der Waals surface area contributed by atoms with E-state index in [1.807, 2.05) is 20.8 Å². The first-order valence-electron chi connectivity index (χ1n) is 6.68. The Balaban J connectivity index is 2.59. The van der Waals surface area contributed by atoms with Crippen LogP contribution in [0.25, 0.3) is 0 Å². The standard InChI is InChI=1S/C15H19ClFN3/c1-4-13(18)15(11-7-5-6-8-12(11)17)20-10(3)14(16)9(2)19-20/h5-8,13,15H,4,18H2,1-3H3. The van der Waals surface area contributed by atoms with Gasteiger partial charge in [0.25, 0.3) is 0 Å². The van der Waals surface area contributed by atoms with E-state index in [0.717, 1.165) is 17.8 Å². The third-order valence-corrected chi connectivity index (χ3v) is 4.15. The molecule has 20 heavy (non-hydrogen) atoms. The van der Waals surface area contributed by atoms with Gasteiger partial charge in [-0.05, 0) is 26.3 Å². The zero-order valence-corrected chi connectivity index (χ0v) is 12.7. The molecule has 0 saturated carbocycles. The molecule has 0 bridgehead atoms. The van der Waals surface area contributed by atoms with Crippen LogP contribution in [0.5, 0.6) is 0 Å². The Morgan fingerprint density at radius 2 is 2.00 bits per heavy atom. The Labute approximate surface area is 123 Å². The Hall–Kier alpha value is -1.39. The molecule has 2 atom stereocenters. The van der Waals surface area contributed by atoms with Crippen LogP contribution in [0.1, 0.15) is 36.3 Å². The minimum Gasteiger partial charge on any atom is -0.326 e. The molecule has 0 saturated heterocycles. The fraction of sp³-hybridized carbons (Fsp3) is 0.400. The maximum absolute atomic E-state index is 14.1. The Kier molecular flexibility index (Phi) is 4.45. The average Bonchev–Trinajstić information content (AvgIpc) is 2.69. The fourth-order valence-electron chi connectivity index (χ4n) is 2.40. The van der Waals surface area contributed by atoms with Crippen molar-refractivity contribution in [2.75, 3.05) is 0 Å². The van der Waals surface area contributed by atoms with Gasteiger partial charge in [-0.15, -0.1) is 0 Å².